The first-order valence-electron chi connectivity index (χ1n) is 2.68. The van der Waals surface area contributed by atoms with E-state index < -0.39 is 0 Å². The second-order valence-corrected chi connectivity index (χ2v) is 2.33. The molecular formula is C7H8ClN. The van der Waals surface area contributed by atoms with Crippen molar-refractivity contribution in [3.8, 4) is 0 Å². The molecule has 0 aliphatic carbocycles. The maximum absolute atomic E-state index is 5.68. The molecule has 1 aromatic rings. The molecular weight excluding hydrogens is 134 g/mol. The minimum Gasteiger partial charge on any atom is -0.350 e. The summed E-state index contributed by atoms with van der Waals surface area (Å²) in [6, 6.07) is 1.87. The molecule has 0 aromatic carbocycles. The molecule has 0 saturated carbocycles. The minimum absolute atomic E-state index is 0.757. The molecule has 1 heterocycles. The van der Waals surface area contributed by atoms with Gasteiger partial charge in [0, 0.05) is 18.9 Å². The van der Waals surface area contributed by atoms with E-state index in [-0.39, 0.29) is 0 Å². The molecule has 1 aromatic heterocycles. The van der Waals surface area contributed by atoms with Crippen molar-refractivity contribution < 1.29 is 0 Å². The number of nitrogens with zero attached hydrogens (tertiary/aromatic N) is 1. The summed E-state index contributed by atoms with van der Waals surface area (Å²) in [7, 11) is 1.93. The van der Waals surface area contributed by atoms with Gasteiger partial charge in [-0.15, -0.1) is 0 Å². The van der Waals surface area contributed by atoms with Gasteiger partial charge < -0.3 is 4.57 Å². The third-order valence-electron chi connectivity index (χ3n) is 1.22. The molecule has 0 aliphatic rings. The fourth-order valence-corrected chi connectivity index (χ4v) is 1.00. The van der Waals surface area contributed by atoms with Crippen LogP contribution in [0.4, 0.5) is 0 Å². The first-order chi connectivity index (χ1) is 4.24. The van der Waals surface area contributed by atoms with Gasteiger partial charge in [-0.2, -0.15) is 0 Å². The van der Waals surface area contributed by atoms with Crippen molar-refractivity contribution in [2.24, 2.45) is 7.05 Å². The van der Waals surface area contributed by atoms with Crippen LogP contribution in [-0.4, -0.2) is 4.57 Å². The highest BCUT2D eigenvalue weighted by molar-refractivity contribution is 6.30. The van der Waals surface area contributed by atoms with Crippen molar-refractivity contribution in [2.75, 3.05) is 0 Å². The highest BCUT2D eigenvalue weighted by atomic mass is 35.5. The van der Waals surface area contributed by atoms with Crippen LogP contribution >= 0.6 is 11.6 Å². The molecule has 0 spiro atoms. The van der Waals surface area contributed by atoms with E-state index in [1.54, 1.807) is 6.08 Å². The molecule has 0 unspecified atom stereocenters. The van der Waals surface area contributed by atoms with E-state index in [9.17, 15) is 0 Å². The van der Waals surface area contributed by atoms with Crippen molar-refractivity contribution in [1.82, 2.24) is 4.57 Å². The monoisotopic (exact) mass is 141 g/mol. The Balaban J connectivity index is 3.15. The lowest BCUT2D eigenvalue weighted by Crippen LogP contribution is -1.85. The zero-order valence-electron chi connectivity index (χ0n) is 5.26. The maximum Gasteiger partial charge on any atom is 0.0588 e. The van der Waals surface area contributed by atoms with Crippen LogP contribution in [0.5, 0.6) is 0 Å². The Morgan fingerprint density at radius 3 is 2.67 bits per heavy atom. The minimum atomic E-state index is 0.757. The standard InChI is InChI=1S/C7H8ClN/c1-3-7-4-6(8)5-9(7)2/h3-5H,1H2,2H3. The lowest BCUT2D eigenvalue weighted by Gasteiger charge is -1.91. The quantitative estimate of drug-likeness (QED) is 0.566. The summed E-state index contributed by atoms with van der Waals surface area (Å²) >= 11 is 5.68. The Labute approximate surface area is 59.6 Å². The van der Waals surface area contributed by atoms with Gasteiger partial charge in [0.25, 0.3) is 0 Å². The van der Waals surface area contributed by atoms with Gasteiger partial charge in [0.1, 0.15) is 0 Å². The number of hydrogen-bond donors (Lipinski definition) is 0. The number of aromatic nitrogens is 1. The smallest absolute Gasteiger partial charge is 0.0588 e. The molecule has 0 saturated heterocycles. The van der Waals surface area contributed by atoms with Gasteiger partial charge in [-0.05, 0) is 12.1 Å². The van der Waals surface area contributed by atoms with Crippen LogP contribution in [-0.2, 0) is 7.05 Å². The van der Waals surface area contributed by atoms with E-state index in [1.807, 2.05) is 23.9 Å². The van der Waals surface area contributed by atoms with Gasteiger partial charge in [0.05, 0.1) is 5.02 Å². The van der Waals surface area contributed by atoms with E-state index in [0.717, 1.165) is 10.7 Å². The van der Waals surface area contributed by atoms with Crippen LogP contribution in [0.25, 0.3) is 6.08 Å². The maximum atomic E-state index is 5.68. The number of rotatable bonds is 1. The third-order valence-corrected chi connectivity index (χ3v) is 1.43. The van der Waals surface area contributed by atoms with Crippen molar-refractivity contribution in [3.05, 3.63) is 29.6 Å². The molecule has 48 valence electrons. The Morgan fingerprint density at radius 1 is 1.78 bits per heavy atom. The highest BCUT2D eigenvalue weighted by Gasteiger charge is 1.94. The van der Waals surface area contributed by atoms with Crippen LogP contribution < -0.4 is 0 Å². The van der Waals surface area contributed by atoms with Crippen molar-refractivity contribution in [1.29, 1.82) is 0 Å². The van der Waals surface area contributed by atoms with Crippen molar-refractivity contribution >= 4 is 17.7 Å². The van der Waals surface area contributed by atoms with Crippen LogP contribution in [0, 0.1) is 0 Å². The first kappa shape index (κ1) is 6.43. The van der Waals surface area contributed by atoms with Gasteiger partial charge in [-0.1, -0.05) is 18.2 Å². The van der Waals surface area contributed by atoms with Crippen molar-refractivity contribution in [2.45, 2.75) is 0 Å². The summed E-state index contributed by atoms with van der Waals surface area (Å²) in [6.45, 7) is 3.63. The average molecular weight is 142 g/mol. The van der Waals surface area contributed by atoms with Crippen LogP contribution in [0.1, 0.15) is 5.69 Å². The zero-order chi connectivity index (χ0) is 6.85. The van der Waals surface area contributed by atoms with Gasteiger partial charge in [-0.25, -0.2) is 0 Å². The van der Waals surface area contributed by atoms with E-state index >= 15 is 0 Å². The summed E-state index contributed by atoms with van der Waals surface area (Å²) < 4.78 is 1.93. The Morgan fingerprint density at radius 2 is 2.44 bits per heavy atom. The number of hydrogen-bond acceptors (Lipinski definition) is 0. The SMILES string of the molecule is C=Cc1cc(Cl)cn1C. The Bertz CT molecular complexity index is 225. The molecule has 0 atom stereocenters. The van der Waals surface area contributed by atoms with Gasteiger partial charge in [0.2, 0.25) is 0 Å². The third kappa shape index (κ3) is 1.16. The van der Waals surface area contributed by atoms with Gasteiger partial charge >= 0.3 is 0 Å². The molecule has 9 heavy (non-hydrogen) atoms. The van der Waals surface area contributed by atoms with Gasteiger partial charge in [-0.3, -0.25) is 0 Å². The number of halogens is 1. The molecule has 0 amide bonds. The molecule has 1 rings (SSSR count). The summed E-state index contributed by atoms with van der Waals surface area (Å²) in [4.78, 5) is 0. The average Bonchev–Trinajstić information content (AvgIpc) is 2.10. The Kier molecular flexibility index (Phi) is 1.63. The topological polar surface area (TPSA) is 4.93 Å². The summed E-state index contributed by atoms with van der Waals surface area (Å²) in [6.07, 6.45) is 3.62. The van der Waals surface area contributed by atoms with E-state index in [2.05, 4.69) is 6.58 Å². The van der Waals surface area contributed by atoms with E-state index in [1.165, 1.54) is 0 Å². The fourth-order valence-electron chi connectivity index (χ4n) is 0.743. The lowest BCUT2D eigenvalue weighted by atomic mass is 10.4. The molecule has 1 nitrogen and oxygen atoms in total. The van der Waals surface area contributed by atoms with Crippen LogP contribution in [0.3, 0.4) is 0 Å². The van der Waals surface area contributed by atoms with Crippen molar-refractivity contribution in [3.63, 3.8) is 0 Å². The lowest BCUT2D eigenvalue weighted by molar-refractivity contribution is 0.915. The fraction of sp³-hybridized carbons (Fsp3) is 0.143. The molecule has 0 N–H and O–H groups in total. The predicted octanol–water partition coefficient (Wildman–Crippen LogP) is 2.32. The Hall–Kier alpha value is -0.690. The largest absolute Gasteiger partial charge is 0.350 e. The van der Waals surface area contributed by atoms with Crippen LogP contribution in [0.2, 0.25) is 5.02 Å². The molecule has 0 radical (unpaired) electrons. The van der Waals surface area contributed by atoms with E-state index in [4.69, 9.17) is 11.6 Å². The molecule has 0 aliphatic heterocycles. The molecule has 0 fully saturated rings. The summed E-state index contributed by atoms with van der Waals surface area (Å²) in [5.41, 5.74) is 1.04. The first-order valence-corrected chi connectivity index (χ1v) is 3.06. The van der Waals surface area contributed by atoms with E-state index in [0.29, 0.717) is 0 Å². The molecule has 0 bridgehead atoms. The second kappa shape index (κ2) is 2.28. The summed E-state index contributed by atoms with van der Waals surface area (Å²) in [5, 5.41) is 0.757. The number of aryl methyl sites for hydroxylation is 1. The molecule has 2 heteroatoms. The zero-order valence-corrected chi connectivity index (χ0v) is 6.02. The second-order valence-electron chi connectivity index (χ2n) is 1.90. The van der Waals surface area contributed by atoms with Crippen LogP contribution in [0.15, 0.2) is 18.8 Å². The van der Waals surface area contributed by atoms with Gasteiger partial charge in [0.15, 0.2) is 0 Å². The predicted molar refractivity (Wildman–Crippen MR) is 40.5 cm³/mol. The normalized spacial score (nSPS) is 9.56. The summed E-state index contributed by atoms with van der Waals surface area (Å²) in [5.74, 6) is 0. The highest BCUT2D eigenvalue weighted by Crippen LogP contribution is 2.12.